The van der Waals surface area contributed by atoms with Crippen LogP contribution in [0.5, 0.6) is 0 Å². The van der Waals surface area contributed by atoms with Crippen molar-refractivity contribution in [1.82, 2.24) is 9.29 Å². The van der Waals surface area contributed by atoms with E-state index in [1.807, 2.05) is 30.3 Å². The molecule has 1 aliphatic rings. The lowest BCUT2D eigenvalue weighted by Gasteiger charge is -2.35. The van der Waals surface area contributed by atoms with Crippen molar-refractivity contribution < 1.29 is 17.6 Å². The van der Waals surface area contributed by atoms with E-state index in [1.54, 1.807) is 12.1 Å². The molecule has 1 unspecified atom stereocenters. The second-order valence-corrected chi connectivity index (χ2v) is 10.3. The Kier molecular flexibility index (Phi) is 5.86. The molecule has 1 fully saturated rings. The molecule has 0 N–H and O–H groups in total. The quantitative estimate of drug-likeness (QED) is 0.597. The number of rotatable bonds is 5. The maximum atomic E-state index is 14.2. The third kappa shape index (κ3) is 4.23. The van der Waals surface area contributed by atoms with Crippen molar-refractivity contribution in [1.29, 1.82) is 0 Å². The van der Waals surface area contributed by atoms with Gasteiger partial charge in [-0.15, -0.1) is 0 Å². The van der Waals surface area contributed by atoms with Crippen LogP contribution in [0.1, 0.15) is 24.8 Å². The zero-order valence-corrected chi connectivity index (χ0v) is 18.1. The molecule has 30 heavy (non-hydrogen) atoms. The minimum atomic E-state index is -3.53. The number of halogens is 1. The Bertz CT molecular complexity index is 1160. The Morgan fingerprint density at radius 3 is 2.67 bits per heavy atom. The number of benzene rings is 2. The Labute approximate surface area is 179 Å². The van der Waals surface area contributed by atoms with Gasteiger partial charge in [-0.05, 0) is 30.5 Å². The van der Waals surface area contributed by atoms with Crippen LogP contribution in [-0.2, 0) is 21.4 Å². The van der Waals surface area contributed by atoms with Gasteiger partial charge in [-0.1, -0.05) is 54.2 Å². The van der Waals surface area contributed by atoms with Gasteiger partial charge in [-0.2, -0.15) is 4.31 Å². The Hall–Kier alpha value is -2.36. The molecule has 0 aliphatic carbocycles. The third-order valence-electron chi connectivity index (χ3n) is 5.20. The lowest BCUT2D eigenvalue weighted by molar-refractivity contribution is -0.123. The highest BCUT2D eigenvalue weighted by atomic mass is 32.2. The number of para-hydroxylation sites is 1. The summed E-state index contributed by atoms with van der Waals surface area (Å²) >= 11 is 1.23. The number of sulfonamides is 1. The van der Waals surface area contributed by atoms with Crippen molar-refractivity contribution >= 4 is 42.6 Å². The number of thiazole rings is 1. The highest BCUT2D eigenvalue weighted by Crippen LogP contribution is 2.33. The first-order valence-electron chi connectivity index (χ1n) is 9.72. The van der Waals surface area contributed by atoms with Gasteiger partial charge >= 0.3 is 0 Å². The number of fused-ring (bicyclic) bond motifs is 1. The Morgan fingerprint density at radius 2 is 1.97 bits per heavy atom. The van der Waals surface area contributed by atoms with Crippen LogP contribution in [0, 0.1) is 5.82 Å². The van der Waals surface area contributed by atoms with Crippen LogP contribution in [0.15, 0.2) is 48.5 Å². The summed E-state index contributed by atoms with van der Waals surface area (Å²) in [6.07, 6.45) is 3.08. The van der Waals surface area contributed by atoms with Gasteiger partial charge in [-0.3, -0.25) is 9.69 Å². The fourth-order valence-electron chi connectivity index (χ4n) is 3.75. The molecular formula is C21H22FN3O3S2. The molecule has 1 amide bonds. The number of carbonyl (C=O) groups is 1. The number of amides is 1. The SMILES string of the molecule is CS(=O)(=O)N1CCCCC1C(=O)N(Cc1ccccc1)c1nc2c(F)cccc2s1. The zero-order valence-electron chi connectivity index (χ0n) is 16.5. The van der Waals surface area contributed by atoms with E-state index < -0.39 is 21.9 Å². The number of hydrogen-bond donors (Lipinski definition) is 0. The number of hydrogen-bond acceptors (Lipinski definition) is 5. The average Bonchev–Trinajstić information content (AvgIpc) is 3.17. The molecule has 158 valence electrons. The largest absolute Gasteiger partial charge is 0.282 e. The van der Waals surface area contributed by atoms with Crippen LogP contribution < -0.4 is 4.90 Å². The predicted octanol–water partition coefficient (Wildman–Crippen LogP) is 3.78. The van der Waals surface area contributed by atoms with E-state index >= 15 is 0 Å². The van der Waals surface area contributed by atoms with Crippen LogP contribution in [0.4, 0.5) is 9.52 Å². The van der Waals surface area contributed by atoms with E-state index in [0.717, 1.165) is 24.7 Å². The first-order chi connectivity index (χ1) is 14.3. The van der Waals surface area contributed by atoms with Crippen molar-refractivity contribution in [3.63, 3.8) is 0 Å². The van der Waals surface area contributed by atoms with Gasteiger partial charge in [0, 0.05) is 6.54 Å². The lowest BCUT2D eigenvalue weighted by atomic mass is 10.0. The van der Waals surface area contributed by atoms with E-state index in [1.165, 1.54) is 26.6 Å². The van der Waals surface area contributed by atoms with Gasteiger partial charge in [0.1, 0.15) is 17.4 Å². The van der Waals surface area contributed by atoms with Crippen molar-refractivity contribution in [2.75, 3.05) is 17.7 Å². The summed E-state index contributed by atoms with van der Waals surface area (Å²) in [5.41, 5.74) is 1.10. The first kappa shape index (κ1) is 20.9. The first-order valence-corrected chi connectivity index (χ1v) is 12.4. The molecule has 0 spiro atoms. The van der Waals surface area contributed by atoms with E-state index in [0.29, 0.717) is 22.8 Å². The topological polar surface area (TPSA) is 70.6 Å². The highest BCUT2D eigenvalue weighted by molar-refractivity contribution is 7.88. The molecule has 1 atom stereocenters. The zero-order chi connectivity index (χ0) is 21.3. The second-order valence-electron chi connectivity index (χ2n) is 7.38. The van der Waals surface area contributed by atoms with E-state index in [2.05, 4.69) is 4.98 Å². The second kappa shape index (κ2) is 8.41. The van der Waals surface area contributed by atoms with E-state index in [4.69, 9.17) is 0 Å². The lowest BCUT2D eigenvalue weighted by Crippen LogP contribution is -2.52. The molecule has 1 aromatic heterocycles. The van der Waals surface area contributed by atoms with Gasteiger partial charge in [0.15, 0.2) is 5.13 Å². The molecule has 0 bridgehead atoms. The minimum absolute atomic E-state index is 0.215. The van der Waals surface area contributed by atoms with Gasteiger partial charge in [0.2, 0.25) is 15.9 Å². The summed E-state index contributed by atoms with van der Waals surface area (Å²) in [6, 6.07) is 13.3. The minimum Gasteiger partial charge on any atom is -0.282 e. The van der Waals surface area contributed by atoms with Crippen LogP contribution in [0.2, 0.25) is 0 Å². The number of anilines is 1. The normalized spacial score (nSPS) is 17.9. The molecule has 6 nitrogen and oxygen atoms in total. The summed E-state index contributed by atoms with van der Waals surface area (Å²) in [7, 11) is -3.53. The molecule has 2 heterocycles. The van der Waals surface area contributed by atoms with Crippen molar-refractivity contribution in [3.8, 4) is 0 Å². The average molecular weight is 448 g/mol. The number of aromatic nitrogens is 1. The van der Waals surface area contributed by atoms with Crippen LogP contribution >= 0.6 is 11.3 Å². The van der Waals surface area contributed by atoms with Gasteiger partial charge in [0.05, 0.1) is 17.5 Å². The number of carbonyl (C=O) groups excluding carboxylic acids is 1. The molecule has 0 radical (unpaired) electrons. The predicted molar refractivity (Wildman–Crippen MR) is 116 cm³/mol. The van der Waals surface area contributed by atoms with Crippen LogP contribution in [0.3, 0.4) is 0 Å². The summed E-state index contributed by atoms with van der Waals surface area (Å²) in [4.78, 5) is 19.5. The van der Waals surface area contributed by atoms with E-state index in [-0.39, 0.29) is 18.0 Å². The van der Waals surface area contributed by atoms with Crippen molar-refractivity contribution in [2.24, 2.45) is 0 Å². The van der Waals surface area contributed by atoms with Crippen LogP contribution in [-0.4, -0.2) is 42.5 Å². The summed E-state index contributed by atoms with van der Waals surface area (Å²) < 4.78 is 40.7. The monoisotopic (exact) mass is 447 g/mol. The van der Waals surface area contributed by atoms with Crippen LogP contribution in [0.25, 0.3) is 10.2 Å². The van der Waals surface area contributed by atoms with Crippen molar-refractivity contribution in [2.45, 2.75) is 31.8 Å². The fraction of sp³-hybridized carbons (Fsp3) is 0.333. The molecule has 3 aromatic rings. The molecular weight excluding hydrogens is 425 g/mol. The summed E-state index contributed by atoms with van der Waals surface area (Å²) in [6.45, 7) is 0.554. The van der Waals surface area contributed by atoms with Gasteiger partial charge in [-0.25, -0.2) is 17.8 Å². The number of nitrogens with zero attached hydrogens (tertiary/aromatic N) is 3. The molecule has 4 rings (SSSR count). The molecule has 1 saturated heterocycles. The molecule has 2 aromatic carbocycles. The number of piperidine rings is 1. The van der Waals surface area contributed by atoms with Gasteiger partial charge in [0.25, 0.3) is 0 Å². The smallest absolute Gasteiger partial charge is 0.247 e. The standard InChI is InChI=1S/C21H22FN3O3S2/c1-30(27,28)25-13-6-5-11-17(25)20(26)24(14-15-8-3-2-4-9-15)21-23-19-16(22)10-7-12-18(19)29-21/h2-4,7-10,12,17H,5-6,11,13-14H2,1H3. The molecule has 0 saturated carbocycles. The van der Waals surface area contributed by atoms with Crippen molar-refractivity contribution in [3.05, 3.63) is 59.9 Å². The Morgan fingerprint density at radius 1 is 1.20 bits per heavy atom. The molecule has 9 heteroatoms. The Balaban J connectivity index is 1.76. The highest BCUT2D eigenvalue weighted by Gasteiger charge is 2.38. The fourth-order valence-corrected chi connectivity index (χ4v) is 5.86. The summed E-state index contributed by atoms with van der Waals surface area (Å²) in [5.74, 6) is -0.777. The summed E-state index contributed by atoms with van der Waals surface area (Å²) in [5, 5.41) is 0.364. The van der Waals surface area contributed by atoms with E-state index in [9.17, 15) is 17.6 Å². The van der Waals surface area contributed by atoms with Gasteiger partial charge < -0.3 is 0 Å². The maximum Gasteiger partial charge on any atom is 0.247 e. The third-order valence-corrected chi connectivity index (χ3v) is 7.54. The molecule has 1 aliphatic heterocycles. The maximum absolute atomic E-state index is 14.2.